The second-order valence-corrected chi connectivity index (χ2v) is 5.45. The molecule has 2 rings (SSSR count). The fourth-order valence-corrected chi connectivity index (χ4v) is 2.67. The van der Waals surface area contributed by atoms with Crippen molar-refractivity contribution >= 4 is 0 Å². The van der Waals surface area contributed by atoms with E-state index in [-0.39, 0.29) is 0 Å². The fraction of sp³-hybridized carbons (Fsp3) is 0.471. The number of aromatic nitrogens is 2. The Balaban J connectivity index is 2.05. The topological polar surface area (TPSA) is 53.1 Å². The highest BCUT2D eigenvalue weighted by molar-refractivity contribution is 5.27. The summed E-state index contributed by atoms with van der Waals surface area (Å²) in [5.74, 6) is 1.32. The van der Waals surface area contributed by atoms with Gasteiger partial charge < -0.3 is 10.5 Å². The lowest BCUT2D eigenvalue weighted by Gasteiger charge is -2.15. The average Bonchev–Trinajstić information content (AvgIpc) is 2.87. The molecule has 1 heterocycles. The molecule has 1 unspecified atom stereocenters. The molecule has 0 radical (unpaired) electrons. The van der Waals surface area contributed by atoms with Crippen LogP contribution in [0.15, 0.2) is 30.3 Å². The van der Waals surface area contributed by atoms with Crippen LogP contribution in [0.2, 0.25) is 0 Å². The molecule has 0 aliphatic carbocycles. The van der Waals surface area contributed by atoms with Crippen molar-refractivity contribution in [3.05, 3.63) is 47.3 Å². The monoisotopic (exact) mass is 287 g/mol. The Morgan fingerprint density at radius 3 is 2.52 bits per heavy atom. The lowest BCUT2D eigenvalue weighted by Crippen LogP contribution is -2.21. The third-order valence-electron chi connectivity index (χ3n) is 3.80. The van der Waals surface area contributed by atoms with Crippen LogP contribution >= 0.6 is 0 Å². The highest BCUT2D eigenvalue weighted by atomic mass is 16.5. The van der Waals surface area contributed by atoms with Gasteiger partial charge in [0.05, 0.1) is 12.8 Å². The minimum atomic E-state index is 0.430. The van der Waals surface area contributed by atoms with Crippen LogP contribution < -0.4 is 10.5 Å². The third-order valence-corrected chi connectivity index (χ3v) is 3.80. The van der Waals surface area contributed by atoms with E-state index in [0.717, 1.165) is 30.8 Å². The van der Waals surface area contributed by atoms with Gasteiger partial charge in [0, 0.05) is 12.2 Å². The summed E-state index contributed by atoms with van der Waals surface area (Å²) in [7, 11) is 1.69. The van der Waals surface area contributed by atoms with Gasteiger partial charge in [-0.1, -0.05) is 12.1 Å². The molecule has 4 heteroatoms. The number of methoxy groups -OCH3 is 1. The van der Waals surface area contributed by atoms with E-state index in [4.69, 9.17) is 10.5 Å². The van der Waals surface area contributed by atoms with E-state index in [1.165, 1.54) is 11.3 Å². The molecule has 0 saturated heterocycles. The maximum atomic E-state index is 5.97. The molecule has 4 nitrogen and oxygen atoms in total. The molecule has 1 aromatic heterocycles. The first-order chi connectivity index (χ1) is 10.2. The molecule has 1 aromatic carbocycles. The van der Waals surface area contributed by atoms with Crippen LogP contribution in [0.3, 0.4) is 0 Å². The molecule has 0 aliphatic heterocycles. The normalized spacial score (nSPS) is 12.4. The number of aryl methyl sites for hydroxylation is 2. The van der Waals surface area contributed by atoms with Crippen molar-refractivity contribution in [2.24, 2.45) is 11.7 Å². The summed E-state index contributed by atoms with van der Waals surface area (Å²) in [5.41, 5.74) is 9.62. The van der Waals surface area contributed by atoms with E-state index in [1.807, 2.05) is 19.1 Å². The predicted molar refractivity (Wildman–Crippen MR) is 85.6 cm³/mol. The highest BCUT2D eigenvalue weighted by Gasteiger charge is 2.13. The standard InChI is InChI=1S/C17H25N3O/c1-4-20-16(9-13(2)19-20)11-15(12-18)10-14-5-7-17(21-3)8-6-14/h5-9,15H,4,10-12,18H2,1-3H3. The summed E-state index contributed by atoms with van der Waals surface area (Å²) in [6.45, 7) is 5.75. The zero-order valence-corrected chi connectivity index (χ0v) is 13.2. The smallest absolute Gasteiger partial charge is 0.118 e. The molecule has 0 fully saturated rings. The first-order valence-electron chi connectivity index (χ1n) is 7.52. The van der Waals surface area contributed by atoms with E-state index in [0.29, 0.717) is 12.5 Å². The molecular weight excluding hydrogens is 262 g/mol. The van der Waals surface area contributed by atoms with Crippen LogP contribution in [-0.2, 0) is 19.4 Å². The zero-order valence-electron chi connectivity index (χ0n) is 13.2. The van der Waals surface area contributed by atoms with Crippen molar-refractivity contribution in [1.29, 1.82) is 0 Å². The quantitative estimate of drug-likeness (QED) is 0.851. The molecule has 2 aromatic rings. The fourth-order valence-electron chi connectivity index (χ4n) is 2.67. The Bertz CT molecular complexity index is 560. The number of hydrogen-bond acceptors (Lipinski definition) is 3. The van der Waals surface area contributed by atoms with Crippen molar-refractivity contribution in [3.8, 4) is 5.75 Å². The van der Waals surface area contributed by atoms with E-state index < -0.39 is 0 Å². The van der Waals surface area contributed by atoms with Gasteiger partial charge in [0.25, 0.3) is 0 Å². The maximum Gasteiger partial charge on any atom is 0.118 e. The van der Waals surface area contributed by atoms with E-state index in [9.17, 15) is 0 Å². The Hall–Kier alpha value is -1.81. The van der Waals surface area contributed by atoms with Crippen LogP contribution in [0.4, 0.5) is 0 Å². The molecule has 0 saturated carbocycles. The largest absolute Gasteiger partial charge is 0.497 e. The molecule has 2 N–H and O–H groups in total. The number of ether oxygens (including phenoxy) is 1. The summed E-state index contributed by atoms with van der Waals surface area (Å²) in [6, 6.07) is 10.4. The van der Waals surface area contributed by atoms with E-state index in [1.54, 1.807) is 7.11 Å². The zero-order chi connectivity index (χ0) is 15.2. The first-order valence-corrected chi connectivity index (χ1v) is 7.52. The van der Waals surface area contributed by atoms with Crippen LogP contribution in [0, 0.1) is 12.8 Å². The van der Waals surface area contributed by atoms with Gasteiger partial charge in [-0.15, -0.1) is 0 Å². The minimum Gasteiger partial charge on any atom is -0.497 e. The van der Waals surface area contributed by atoms with Crippen LogP contribution in [0.5, 0.6) is 5.75 Å². The number of hydrogen-bond donors (Lipinski definition) is 1. The predicted octanol–water partition coefficient (Wildman–Crippen LogP) is 2.58. The number of nitrogens with two attached hydrogens (primary N) is 1. The van der Waals surface area contributed by atoms with Gasteiger partial charge in [0.1, 0.15) is 5.75 Å². The van der Waals surface area contributed by atoms with Crippen LogP contribution in [0.25, 0.3) is 0 Å². The molecule has 0 amide bonds. The lowest BCUT2D eigenvalue weighted by atomic mass is 9.94. The second kappa shape index (κ2) is 7.27. The van der Waals surface area contributed by atoms with E-state index >= 15 is 0 Å². The van der Waals surface area contributed by atoms with Crippen molar-refractivity contribution in [2.75, 3.05) is 13.7 Å². The summed E-state index contributed by atoms with van der Waals surface area (Å²) < 4.78 is 7.27. The summed E-state index contributed by atoms with van der Waals surface area (Å²) in [6.07, 6.45) is 1.95. The van der Waals surface area contributed by atoms with Crippen molar-refractivity contribution in [2.45, 2.75) is 33.2 Å². The molecule has 114 valence electrons. The van der Waals surface area contributed by atoms with Crippen LogP contribution in [0.1, 0.15) is 23.9 Å². The first kappa shape index (κ1) is 15.6. The minimum absolute atomic E-state index is 0.430. The second-order valence-electron chi connectivity index (χ2n) is 5.45. The van der Waals surface area contributed by atoms with Gasteiger partial charge >= 0.3 is 0 Å². The van der Waals surface area contributed by atoms with Gasteiger partial charge in [0.2, 0.25) is 0 Å². The number of rotatable bonds is 7. The third kappa shape index (κ3) is 4.08. The number of benzene rings is 1. The molecule has 0 aliphatic rings. The van der Waals surface area contributed by atoms with Gasteiger partial charge in [-0.25, -0.2) is 0 Å². The lowest BCUT2D eigenvalue weighted by molar-refractivity contribution is 0.414. The maximum absolute atomic E-state index is 5.97. The average molecular weight is 287 g/mol. The Kier molecular flexibility index (Phi) is 5.39. The van der Waals surface area contributed by atoms with Crippen molar-refractivity contribution < 1.29 is 4.74 Å². The molecule has 0 bridgehead atoms. The van der Waals surface area contributed by atoms with Gasteiger partial charge in [0.15, 0.2) is 0 Å². The highest BCUT2D eigenvalue weighted by Crippen LogP contribution is 2.18. The summed E-state index contributed by atoms with van der Waals surface area (Å²) in [4.78, 5) is 0. The van der Waals surface area contributed by atoms with Crippen molar-refractivity contribution in [3.63, 3.8) is 0 Å². The van der Waals surface area contributed by atoms with Gasteiger partial charge in [-0.05, 0) is 62.9 Å². The molecule has 21 heavy (non-hydrogen) atoms. The Labute approximate surface area is 126 Å². The van der Waals surface area contributed by atoms with Gasteiger partial charge in [-0.3, -0.25) is 4.68 Å². The summed E-state index contributed by atoms with van der Waals surface area (Å²) >= 11 is 0. The van der Waals surface area contributed by atoms with Gasteiger partial charge in [-0.2, -0.15) is 5.10 Å². The van der Waals surface area contributed by atoms with Crippen molar-refractivity contribution in [1.82, 2.24) is 9.78 Å². The Morgan fingerprint density at radius 1 is 1.24 bits per heavy atom. The Morgan fingerprint density at radius 2 is 1.95 bits per heavy atom. The number of nitrogens with zero attached hydrogens (tertiary/aromatic N) is 2. The van der Waals surface area contributed by atoms with Crippen LogP contribution in [-0.4, -0.2) is 23.4 Å². The SMILES string of the molecule is CCn1nc(C)cc1CC(CN)Cc1ccc(OC)cc1. The molecule has 0 spiro atoms. The molecular formula is C17H25N3O. The summed E-state index contributed by atoms with van der Waals surface area (Å²) in [5, 5.41) is 4.51. The van der Waals surface area contributed by atoms with E-state index in [2.05, 4.69) is 34.9 Å². The molecule has 1 atom stereocenters.